The van der Waals surface area contributed by atoms with Crippen LogP contribution >= 0.6 is 7.37 Å². The lowest BCUT2D eigenvalue weighted by Crippen LogP contribution is -2.26. The fourth-order valence-corrected chi connectivity index (χ4v) is 5.80. The third kappa shape index (κ3) is 3.09. The average molecular weight is 380 g/mol. The minimum absolute atomic E-state index is 0.0697. The van der Waals surface area contributed by atoms with E-state index >= 15 is 0 Å². The molecule has 26 heavy (non-hydrogen) atoms. The van der Waals surface area contributed by atoms with Gasteiger partial charge in [-0.1, -0.05) is 37.6 Å². The SMILES string of the molecule is CCC1=C(CC)c2ccc(C)cc2P(=O)(c2cccc(C(F)(F)F)c2)O1. The summed E-state index contributed by atoms with van der Waals surface area (Å²) in [6.07, 6.45) is -3.28. The van der Waals surface area contributed by atoms with Crippen LogP contribution in [0.1, 0.15) is 43.4 Å². The van der Waals surface area contributed by atoms with Crippen LogP contribution < -0.4 is 10.6 Å². The summed E-state index contributed by atoms with van der Waals surface area (Å²) in [5.74, 6) is 0.588. The highest BCUT2D eigenvalue weighted by Gasteiger charge is 2.40. The van der Waals surface area contributed by atoms with Gasteiger partial charge in [-0.05, 0) is 48.7 Å². The molecule has 2 aromatic rings. The molecule has 0 bridgehead atoms. The number of halogens is 3. The number of allylic oxidation sites excluding steroid dienone is 2. The third-order valence-corrected chi connectivity index (χ3v) is 7.00. The number of hydrogen-bond donors (Lipinski definition) is 0. The van der Waals surface area contributed by atoms with E-state index < -0.39 is 19.1 Å². The number of hydrogen-bond acceptors (Lipinski definition) is 2. The van der Waals surface area contributed by atoms with E-state index in [0.29, 0.717) is 23.9 Å². The fourth-order valence-electron chi connectivity index (χ4n) is 3.27. The molecular formula is C20H20F3O2P. The average Bonchev–Trinajstić information content (AvgIpc) is 2.61. The summed E-state index contributed by atoms with van der Waals surface area (Å²) >= 11 is 0. The molecule has 0 spiro atoms. The minimum Gasteiger partial charge on any atom is -0.441 e. The van der Waals surface area contributed by atoms with Gasteiger partial charge in [0.15, 0.2) is 0 Å². The first-order valence-electron chi connectivity index (χ1n) is 8.51. The first-order chi connectivity index (χ1) is 12.2. The molecule has 0 aliphatic carbocycles. The van der Waals surface area contributed by atoms with Gasteiger partial charge >= 0.3 is 13.5 Å². The Hall–Kier alpha value is -2.00. The predicted molar refractivity (Wildman–Crippen MR) is 98.1 cm³/mol. The Balaban J connectivity index is 2.27. The number of aryl methyl sites for hydroxylation is 1. The summed E-state index contributed by atoms with van der Waals surface area (Å²) in [6.45, 7) is 5.74. The van der Waals surface area contributed by atoms with Crippen molar-refractivity contribution in [3.05, 3.63) is 64.9 Å². The van der Waals surface area contributed by atoms with Crippen molar-refractivity contribution in [1.29, 1.82) is 0 Å². The van der Waals surface area contributed by atoms with Crippen molar-refractivity contribution in [3.8, 4) is 0 Å². The van der Waals surface area contributed by atoms with E-state index in [-0.39, 0.29) is 5.30 Å². The van der Waals surface area contributed by atoms with Gasteiger partial charge in [-0.2, -0.15) is 13.2 Å². The number of benzene rings is 2. The van der Waals surface area contributed by atoms with Gasteiger partial charge in [0.2, 0.25) is 0 Å². The van der Waals surface area contributed by atoms with Crippen LogP contribution in [0, 0.1) is 6.92 Å². The maximum absolute atomic E-state index is 13.9. The molecule has 1 atom stereocenters. The first kappa shape index (κ1) is 18.8. The predicted octanol–water partition coefficient (Wildman–Crippen LogP) is 5.80. The Morgan fingerprint density at radius 2 is 1.77 bits per heavy atom. The highest BCUT2D eigenvalue weighted by Crippen LogP contribution is 2.54. The van der Waals surface area contributed by atoms with E-state index in [1.807, 2.05) is 32.9 Å². The lowest BCUT2D eigenvalue weighted by molar-refractivity contribution is -0.137. The van der Waals surface area contributed by atoms with E-state index in [1.165, 1.54) is 12.1 Å². The molecule has 1 aliphatic rings. The molecule has 0 N–H and O–H groups in total. The van der Waals surface area contributed by atoms with E-state index in [4.69, 9.17) is 4.52 Å². The number of rotatable bonds is 3. The normalized spacial score (nSPS) is 19.9. The molecule has 0 radical (unpaired) electrons. The molecule has 0 fully saturated rings. The molecule has 3 rings (SSSR count). The van der Waals surface area contributed by atoms with Crippen molar-refractivity contribution in [2.24, 2.45) is 0 Å². The van der Waals surface area contributed by atoms with Crippen LogP contribution in [0.5, 0.6) is 0 Å². The lowest BCUT2D eigenvalue weighted by atomic mass is 10.00. The van der Waals surface area contributed by atoms with Crippen molar-refractivity contribution >= 4 is 23.6 Å². The Morgan fingerprint density at radius 1 is 1.04 bits per heavy atom. The Bertz CT molecular complexity index is 929. The van der Waals surface area contributed by atoms with Crippen LogP contribution in [0.15, 0.2) is 48.2 Å². The summed E-state index contributed by atoms with van der Waals surface area (Å²) < 4.78 is 59.2. The minimum atomic E-state index is -4.50. The molecule has 2 aromatic carbocycles. The molecule has 0 amide bonds. The second-order valence-corrected chi connectivity index (χ2v) is 8.60. The zero-order valence-corrected chi connectivity index (χ0v) is 15.7. The second-order valence-electron chi connectivity index (χ2n) is 6.32. The lowest BCUT2D eigenvalue weighted by Gasteiger charge is -2.31. The van der Waals surface area contributed by atoms with Crippen LogP contribution in [0.4, 0.5) is 13.2 Å². The highest BCUT2D eigenvalue weighted by molar-refractivity contribution is 7.74. The van der Waals surface area contributed by atoms with E-state index in [0.717, 1.165) is 28.8 Å². The van der Waals surface area contributed by atoms with Gasteiger partial charge < -0.3 is 4.52 Å². The Labute approximate surface area is 151 Å². The van der Waals surface area contributed by atoms with Crippen molar-refractivity contribution < 1.29 is 22.3 Å². The summed E-state index contributed by atoms with van der Waals surface area (Å²) in [5, 5.41) is 0.547. The fraction of sp³-hybridized carbons (Fsp3) is 0.300. The molecule has 1 aliphatic heterocycles. The standard InChI is InChI=1S/C20H20F3O2P/c1-4-16-17-10-9-13(3)11-19(17)26(24,25-18(16)5-2)15-8-6-7-14(12-15)20(21,22)23/h6-12H,4-5H2,1-3H3. The Morgan fingerprint density at radius 3 is 2.38 bits per heavy atom. The molecule has 6 heteroatoms. The smallest absolute Gasteiger partial charge is 0.416 e. The molecule has 0 saturated heterocycles. The van der Waals surface area contributed by atoms with E-state index in [2.05, 4.69) is 0 Å². The number of alkyl halides is 3. The second kappa shape index (κ2) is 6.62. The summed E-state index contributed by atoms with van der Waals surface area (Å²) in [4.78, 5) is 0. The summed E-state index contributed by atoms with van der Waals surface area (Å²) in [7, 11) is -3.66. The largest absolute Gasteiger partial charge is 0.441 e. The van der Waals surface area contributed by atoms with Gasteiger partial charge in [-0.15, -0.1) is 0 Å². The Kier molecular flexibility index (Phi) is 4.78. The van der Waals surface area contributed by atoms with Crippen LogP contribution in [-0.4, -0.2) is 0 Å². The van der Waals surface area contributed by atoms with Gasteiger partial charge in [-0.25, -0.2) is 0 Å². The maximum Gasteiger partial charge on any atom is 0.416 e. The molecular weight excluding hydrogens is 360 g/mol. The zero-order chi connectivity index (χ0) is 19.1. The van der Waals surface area contributed by atoms with Crippen molar-refractivity contribution in [2.75, 3.05) is 0 Å². The van der Waals surface area contributed by atoms with E-state index in [9.17, 15) is 17.7 Å². The van der Waals surface area contributed by atoms with Gasteiger partial charge in [0, 0.05) is 6.42 Å². The van der Waals surface area contributed by atoms with Crippen LogP contribution in [0.25, 0.3) is 5.57 Å². The molecule has 2 nitrogen and oxygen atoms in total. The molecule has 0 aromatic heterocycles. The van der Waals surface area contributed by atoms with Gasteiger partial charge in [-0.3, -0.25) is 4.57 Å². The van der Waals surface area contributed by atoms with Crippen LogP contribution in [0.3, 0.4) is 0 Å². The van der Waals surface area contributed by atoms with Gasteiger partial charge in [0.1, 0.15) is 5.76 Å². The highest BCUT2D eigenvalue weighted by atomic mass is 31.2. The quantitative estimate of drug-likeness (QED) is 0.629. The molecule has 1 unspecified atom stereocenters. The topological polar surface area (TPSA) is 26.3 Å². The summed E-state index contributed by atoms with van der Waals surface area (Å²) in [5.41, 5.74) is 1.82. The first-order valence-corrected chi connectivity index (χ1v) is 10.1. The van der Waals surface area contributed by atoms with Crippen molar-refractivity contribution in [2.45, 2.75) is 39.8 Å². The third-order valence-electron chi connectivity index (χ3n) is 4.56. The van der Waals surface area contributed by atoms with E-state index in [1.54, 1.807) is 6.07 Å². The maximum atomic E-state index is 13.9. The molecule has 0 saturated carbocycles. The zero-order valence-electron chi connectivity index (χ0n) is 14.9. The van der Waals surface area contributed by atoms with Crippen LogP contribution in [-0.2, 0) is 15.3 Å². The van der Waals surface area contributed by atoms with Gasteiger partial charge in [0.25, 0.3) is 0 Å². The van der Waals surface area contributed by atoms with Crippen molar-refractivity contribution in [1.82, 2.24) is 0 Å². The molecule has 1 heterocycles. The van der Waals surface area contributed by atoms with Crippen molar-refractivity contribution in [3.63, 3.8) is 0 Å². The number of fused-ring (bicyclic) bond motifs is 1. The van der Waals surface area contributed by atoms with Crippen LogP contribution in [0.2, 0.25) is 0 Å². The summed E-state index contributed by atoms with van der Waals surface area (Å²) in [6, 6.07) is 10.2. The van der Waals surface area contributed by atoms with Gasteiger partial charge in [0.05, 0.1) is 16.2 Å². The monoisotopic (exact) mass is 380 g/mol. The molecule has 138 valence electrons.